The molecule has 2 amide bonds. The molecule has 7 heteroatoms. The number of fused-ring (bicyclic) bond motifs is 1. The van der Waals surface area contributed by atoms with E-state index in [0.717, 1.165) is 10.5 Å². The molecule has 0 bridgehead atoms. The van der Waals surface area contributed by atoms with Crippen LogP contribution in [-0.2, 0) is 22.7 Å². The fraction of sp³-hybridized carbons (Fsp3) is 0.333. The molecule has 4 nitrogen and oxygen atoms in total. The minimum Gasteiger partial charge on any atom is -0.286 e. The maximum atomic E-state index is 13.9. The Balaban J connectivity index is 1.60. The van der Waals surface area contributed by atoms with Crippen LogP contribution in [0.1, 0.15) is 11.1 Å². The van der Waals surface area contributed by atoms with Gasteiger partial charge in [0, 0.05) is 13.1 Å². The Bertz CT molecular complexity index is 870. The van der Waals surface area contributed by atoms with Gasteiger partial charge in [0.15, 0.2) is 0 Å². The number of amides is 2. The van der Waals surface area contributed by atoms with Crippen molar-refractivity contribution in [2.75, 3.05) is 6.54 Å². The van der Waals surface area contributed by atoms with Crippen molar-refractivity contribution in [2.45, 2.75) is 25.3 Å². The van der Waals surface area contributed by atoms with Gasteiger partial charge in [0.25, 0.3) is 0 Å². The van der Waals surface area contributed by atoms with Crippen molar-refractivity contribution in [2.24, 2.45) is 11.8 Å². The molecule has 0 spiro atoms. The van der Waals surface area contributed by atoms with Crippen molar-refractivity contribution in [3.8, 4) is 0 Å². The van der Waals surface area contributed by atoms with E-state index in [1.807, 2.05) is 0 Å². The molecule has 0 aliphatic carbocycles. The molecule has 2 aromatic rings. The van der Waals surface area contributed by atoms with Gasteiger partial charge in [-0.3, -0.25) is 19.4 Å². The summed E-state index contributed by atoms with van der Waals surface area (Å²) in [6.45, 7) is -0.00830. The van der Waals surface area contributed by atoms with Gasteiger partial charge in [-0.1, -0.05) is 60.7 Å². The molecule has 28 heavy (non-hydrogen) atoms. The van der Waals surface area contributed by atoms with Gasteiger partial charge in [0.1, 0.15) is 6.04 Å². The first-order chi connectivity index (χ1) is 13.4. The Morgan fingerprint density at radius 2 is 1.36 bits per heavy atom. The second-order valence-electron chi connectivity index (χ2n) is 7.28. The van der Waals surface area contributed by atoms with Crippen molar-refractivity contribution in [3.63, 3.8) is 0 Å². The second-order valence-corrected chi connectivity index (χ2v) is 7.28. The van der Waals surface area contributed by atoms with Gasteiger partial charge in [-0.15, -0.1) is 0 Å². The molecular weight excluding hydrogens is 369 g/mol. The van der Waals surface area contributed by atoms with E-state index in [0.29, 0.717) is 5.56 Å². The van der Waals surface area contributed by atoms with Gasteiger partial charge in [-0.25, -0.2) is 0 Å². The normalized spacial score (nSPS) is 25.4. The van der Waals surface area contributed by atoms with Crippen LogP contribution in [0.5, 0.6) is 0 Å². The van der Waals surface area contributed by atoms with Crippen LogP contribution in [0.15, 0.2) is 60.7 Å². The molecule has 3 unspecified atom stereocenters. The first-order valence-electron chi connectivity index (χ1n) is 9.10. The number of imide groups is 1. The lowest BCUT2D eigenvalue weighted by atomic mass is 9.92. The van der Waals surface area contributed by atoms with Crippen molar-refractivity contribution < 1.29 is 22.8 Å². The van der Waals surface area contributed by atoms with Crippen LogP contribution >= 0.6 is 0 Å². The fourth-order valence-corrected chi connectivity index (χ4v) is 4.27. The number of benzene rings is 2. The molecule has 2 fully saturated rings. The van der Waals surface area contributed by atoms with Crippen LogP contribution in [0.2, 0.25) is 0 Å². The quantitative estimate of drug-likeness (QED) is 0.755. The number of alkyl halides is 3. The third-order valence-corrected chi connectivity index (χ3v) is 5.48. The summed E-state index contributed by atoms with van der Waals surface area (Å²) in [6, 6.07) is 15.7. The predicted molar refractivity (Wildman–Crippen MR) is 95.7 cm³/mol. The number of likely N-dealkylation sites (tertiary alicyclic amines) is 2. The Kier molecular flexibility index (Phi) is 4.71. The van der Waals surface area contributed by atoms with Crippen LogP contribution in [-0.4, -0.2) is 40.4 Å². The molecule has 2 aliphatic rings. The zero-order chi connectivity index (χ0) is 19.9. The lowest BCUT2D eigenvalue weighted by molar-refractivity contribution is -0.190. The first-order valence-corrected chi connectivity index (χ1v) is 9.10. The van der Waals surface area contributed by atoms with Gasteiger partial charge < -0.3 is 0 Å². The summed E-state index contributed by atoms with van der Waals surface area (Å²) in [7, 11) is 0. The Morgan fingerprint density at radius 1 is 0.821 bits per heavy atom. The highest BCUT2D eigenvalue weighted by atomic mass is 19.4. The summed E-state index contributed by atoms with van der Waals surface area (Å²) in [5.41, 5.74) is 1.44. The molecule has 2 saturated heterocycles. The van der Waals surface area contributed by atoms with Crippen LogP contribution in [0, 0.1) is 11.8 Å². The number of nitrogens with zero attached hydrogens (tertiary/aromatic N) is 2. The molecule has 0 saturated carbocycles. The van der Waals surface area contributed by atoms with Crippen LogP contribution in [0.3, 0.4) is 0 Å². The summed E-state index contributed by atoms with van der Waals surface area (Å²) in [5.74, 6) is -3.56. The lowest BCUT2D eigenvalue weighted by Crippen LogP contribution is -2.48. The number of carbonyl (C=O) groups excluding carboxylic acids is 2. The van der Waals surface area contributed by atoms with E-state index in [4.69, 9.17) is 0 Å². The summed E-state index contributed by atoms with van der Waals surface area (Å²) < 4.78 is 41.6. The second kappa shape index (κ2) is 7.05. The van der Waals surface area contributed by atoms with Crippen molar-refractivity contribution >= 4 is 11.8 Å². The van der Waals surface area contributed by atoms with Gasteiger partial charge in [0.05, 0.1) is 18.4 Å². The summed E-state index contributed by atoms with van der Waals surface area (Å²) >= 11 is 0. The zero-order valence-electron chi connectivity index (χ0n) is 15.0. The largest absolute Gasteiger partial charge is 0.404 e. The molecule has 2 aliphatic heterocycles. The smallest absolute Gasteiger partial charge is 0.286 e. The average molecular weight is 388 g/mol. The van der Waals surface area contributed by atoms with Gasteiger partial charge in [0.2, 0.25) is 11.8 Å². The minimum atomic E-state index is -4.59. The molecule has 0 aromatic heterocycles. The predicted octanol–water partition coefficient (Wildman–Crippen LogP) is 3.23. The van der Waals surface area contributed by atoms with E-state index in [9.17, 15) is 22.8 Å². The monoisotopic (exact) mass is 388 g/mol. The number of halogens is 3. The van der Waals surface area contributed by atoms with Crippen molar-refractivity contribution in [1.29, 1.82) is 0 Å². The molecule has 3 atom stereocenters. The minimum absolute atomic E-state index is 0.00870. The van der Waals surface area contributed by atoms with E-state index in [1.165, 1.54) is 4.90 Å². The van der Waals surface area contributed by atoms with Gasteiger partial charge >= 0.3 is 6.18 Å². The van der Waals surface area contributed by atoms with Crippen molar-refractivity contribution in [3.05, 3.63) is 71.8 Å². The van der Waals surface area contributed by atoms with Crippen molar-refractivity contribution in [1.82, 2.24) is 9.80 Å². The third-order valence-electron chi connectivity index (χ3n) is 5.48. The molecule has 146 valence electrons. The van der Waals surface area contributed by atoms with Crippen LogP contribution in [0.25, 0.3) is 0 Å². The molecule has 4 rings (SSSR count). The third kappa shape index (κ3) is 3.30. The highest BCUT2D eigenvalue weighted by Crippen LogP contribution is 2.45. The standard InChI is InChI=1S/C21H19F3N2O2/c22-21(23,24)18-17-16(13-25(18)11-14-7-3-1-4-8-14)19(27)26(20(17)28)12-15-9-5-2-6-10-15/h1-10,16-18H,11-13H2. The maximum absolute atomic E-state index is 13.9. The summed E-state index contributed by atoms with van der Waals surface area (Å²) in [6.07, 6.45) is -4.59. The first kappa shape index (κ1) is 18.7. The molecule has 2 heterocycles. The van der Waals surface area contributed by atoms with E-state index in [2.05, 4.69) is 0 Å². The lowest BCUT2D eigenvalue weighted by Gasteiger charge is -2.30. The highest BCUT2D eigenvalue weighted by molar-refractivity contribution is 6.06. The fourth-order valence-electron chi connectivity index (χ4n) is 4.27. The van der Waals surface area contributed by atoms with E-state index in [-0.39, 0.29) is 19.6 Å². The molecular formula is C21H19F3N2O2. The highest BCUT2D eigenvalue weighted by Gasteiger charge is 2.64. The van der Waals surface area contributed by atoms with E-state index in [1.54, 1.807) is 60.7 Å². The Labute approximate surface area is 160 Å². The topological polar surface area (TPSA) is 40.6 Å². The van der Waals surface area contributed by atoms with Gasteiger partial charge in [-0.2, -0.15) is 13.2 Å². The SMILES string of the molecule is O=C1C2CN(Cc3ccccc3)C(C(F)(F)F)C2C(=O)N1Cc1ccccc1. The summed E-state index contributed by atoms with van der Waals surface area (Å²) in [4.78, 5) is 27.8. The van der Waals surface area contributed by atoms with Gasteiger partial charge in [-0.05, 0) is 11.1 Å². The van der Waals surface area contributed by atoms with Crippen LogP contribution in [0.4, 0.5) is 13.2 Å². The van der Waals surface area contributed by atoms with E-state index >= 15 is 0 Å². The maximum Gasteiger partial charge on any atom is 0.404 e. The van der Waals surface area contributed by atoms with Crippen LogP contribution < -0.4 is 0 Å². The number of hydrogen-bond acceptors (Lipinski definition) is 3. The molecule has 0 N–H and O–H groups in total. The molecule has 2 aromatic carbocycles. The van der Waals surface area contributed by atoms with E-state index < -0.39 is 35.9 Å². The number of carbonyl (C=O) groups is 2. The number of rotatable bonds is 4. The average Bonchev–Trinajstić information content (AvgIpc) is 3.15. The Hall–Kier alpha value is -2.67. The Morgan fingerprint density at radius 3 is 1.89 bits per heavy atom. The number of hydrogen-bond donors (Lipinski definition) is 0. The molecule has 0 radical (unpaired) electrons. The summed E-state index contributed by atoms with van der Waals surface area (Å²) in [5, 5.41) is 0. The zero-order valence-corrected chi connectivity index (χ0v) is 15.0.